The van der Waals surface area contributed by atoms with E-state index in [2.05, 4.69) is 15.5 Å². The van der Waals surface area contributed by atoms with Crippen molar-refractivity contribution in [3.63, 3.8) is 0 Å². The molecule has 0 radical (unpaired) electrons. The predicted octanol–water partition coefficient (Wildman–Crippen LogP) is 1.45. The molecule has 1 aromatic heterocycles. The largest absolute Gasteiger partial charge is 0.347 e. The molecule has 1 aromatic rings. The number of fused-ring (bicyclic) bond motifs is 1. The smallest absolute Gasteiger partial charge is 0.317 e. The second kappa shape index (κ2) is 6.37. The lowest BCUT2D eigenvalue weighted by molar-refractivity contribution is -0.189. The first kappa shape index (κ1) is 15.9. The number of aromatic nitrogens is 2. The molecule has 2 aliphatic heterocycles. The van der Waals surface area contributed by atoms with Crippen molar-refractivity contribution in [2.24, 2.45) is 5.92 Å². The van der Waals surface area contributed by atoms with Crippen molar-refractivity contribution >= 4 is 6.03 Å². The third-order valence-corrected chi connectivity index (χ3v) is 5.66. The van der Waals surface area contributed by atoms with E-state index in [-0.39, 0.29) is 18.0 Å². The Hall–Kier alpha value is -1.60. The molecular weight excluding hydrogens is 308 g/mol. The van der Waals surface area contributed by atoms with Crippen LogP contribution in [-0.4, -0.2) is 59.3 Å². The molecule has 3 aliphatic rings. The highest BCUT2D eigenvalue weighted by Crippen LogP contribution is 2.34. The number of aromatic amines is 1. The molecule has 3 heterocycles. The number of hydrogen-bond donors (Lipinski definition) is 2. The lowest BCUT2D eigenvalue weighted by atomic mass is 9.90. The summed E-state index contributed by atoms with van der Waals surface area (Å²) in [5, 5.41) is 10.3. The Morgan fingerprint density at radius 3 is 3.08 bits per heavy atom. The van der Waals surface area contributed by atoms with Gasteiger partial charge in [0, 0.05) is 30.7 Å². The maximum absolute atomic E-state index is 12.7. The van der Waals surface area contributed by atoms with Gasteiger partial charge < -0.3 is 19.7 Å². The van der Waals surface area contributed by atoms with Crippen molar-refractivity contribution in [3.8, 4) is 0 Å². The quantitative estimate of drug-likeness (QED) is 0.858. The van der Waals surface area contributed by atoms with Crippen molar-refractivity contribution in [2.45, 2.75) is 50.9 Å². The number of hydrogen-bond acceptors (Lipinski definition) is 4. The van der Waals surface area contributed by atoms with Crippen LogP contribution in [0.15, 0.2) is 6.20 Å². The highest BCUT2D eigenvalue weighted by atomic mass is 16.7. The molecule has 7 nitrogen and oxygen atoms in total. The molecule has 0 saturated carbocycles. The van der Waals surface area contributed by atoms with E-state index in [0.29, 0.717) is 19.8 Å². The van der Waals surface area contributed by atoms with Gasteiger partial charge in [0.25, 0.3) is 0 Å². The summed E-state index contributed by atoms with van der Waals surface area (Å²) in [5.41, 5.74) is 2.44. The highest BCUT2D eigenvalue weighted by Gasteiger charge is 2.42. The molecule has 0 bridgehead atoms. The topological polar surface area (TPSA) is 79.5 Å². The Balaban J connectivity index is 1.34. The minimum atomic E-state index is -0.532. The Morgan fingerprint density at radius 2 is 2.25 bits per heavy atom. The molecule has 24 heavy (non-hydrogen) atoms. The predicted molar refractivity (Wildman–Crippen MR) is 87.5 cm³/mol. The van der Waals surface area contributed by atoms with Crippen molar-refractivity contribution < 1.29 is 14.3 Å². The summed E-state index contributed by atoms with van der Waals surface area (Å²) in [6.07, 6.45) is 6.68. The zero-order chi connectivity index (χ0) is 16.6. The van der Waals surface area contributed by atoms with Gasteiger partial charge in [-0.1, -0.05) is 0 Å². The number of H-pyrrole nitrogens is 1. The molecule has 4 rings (SSSR count). The van der Waals surface area contributed by atoms with Gasteiger partial charge in [-0.15, -0.1) is 0 Å². The standard InChI is InChI=1S/C17H26N4O3/c1-17(23-7-8-24-17)13-3-2-6-21(11-13)16(22)19-14-4-5-15-12(9-14)10-18-20-15/h10,13-14H,2-9,11H2,1H3,(H,18,20)(H,19,22)/t13-,14+/m0/s1. The first-order valence-corrected chi connectivity index (χ1v) is 8.98. The summed E-state index contributed by atoms with van der Waals surface area (Å²) < 4.78 is 11.6. The molecule has 0 aromatic carbocycles. The maximum atomic E-state index is 12.7. The van der Waals surface area contributed by atoms with E-state index in [1.807, 2.05) is 18.0 Å². The van der Waals surface area contributed by atoms with Gasteiger partial charge in [0.2, 0.25) is 0 Å². The van der Waals surface area contributed by atoms with Gasteiger partial charge in [-0.2, -0.15) is 5.10 Å². The van der Waals surface area contributed by atoms with Gasteiger partial charge in [0.05, 0.1) is 19.4 Å². The van der Waals surface area contributed by atoms with Crippen LogP contribution in [0.4, 0.5) is 4.79 Å². The van der Waals surface area contributed by atoms with Crippen LogP contribution in [0.3, 0.4) is 0 Å². The number of aryl methyl sites for hydroxylation is 1. The molecule has 0 unspecified atom stereocenters. The van der Waals surface area contributed by atoms with E-state index in [1.165, 1.54) is 11.3 Å². The fourth-order valence-electron chi connectivity index (χ4n) is 4.16. The van der Waals surface area contributed by atoms with Crippen LogP contribution in [-0.2, 0) is 22.3 Å². The first-order chi connectivity index (χ1) is 11.6. The summed E-state index contributed by atoms with van der Waals surface area (Å²) in [7, 11) is 0. The number of piperidine rings is 1. The number of nitrogens with zero attached hydrogens (tertiary/aromatic N) is 2. The minimum absolute atomic E-state index is 0.0400. The Morgan fingerprint density at radius 1 is 1.42 bits per heavy atom. The summed E-state index contributed by atoms with van der Waals surface area (Å²) in [6.45, 7) is 4.81. The van der Waals surface area contributed by atoms with Crippen LogP contribution in [0.5, 0.6) is 0 Å². The molecule has 7 heteroatoms. The second-order valence-electron chi connectivity index (χ2n) is 7.26. The summed E-state index contributed by atoms with van der Waals surface area (Å²) in [4.78, 5) is 14.6. The third-order valence-electron chi connectivity index (χ3n) is 5.66. The number of amides is 2. The fraction of sp³-hybridized carbons (Fsp3) is 0.765. The van der Waals surface area contributed by atoms with E-state index < -0.39 is 5.79 Å². The number of nitrogens with one attached hydrogen (secondary N) is 2. The van der Waals surface area contributed by atoms with Crippen LogP contribution >= 0.6 is 0 Å². The van der Waals surface area contributed by atoms with E-state index in [0.717, 1.165) is 38.6 Å². The minimum Gasteiger partial charge on any atom is -0.347 e. The van der Waals surface area contributed by atoms with Crippen molar-refractivity contribution in [3.05, 3.63) is 17.5 Å². The van der Waals surface area contributed by atoms with Crippen LogP contribution in [0, 0.1) is 5.92 Å². The SMILES string of the molecule is CC1([C@H]2CCCN(C(=O)N[C@@H]3CCc4[nH]ncc4C3)C2)OCCO1. The molecule has 0 spiro atoms. The van der Waals surface area contributed by atoms with Crippen LogP contribution in [0.2, 0.25) is 0 Å². The maximum Gasteiger partial charge on any atom is 0.317 e. The lowest BCUT2D eigenvalue weighted by Gasteiger charge is -2.40. The monoisotopic (exact) mass is 334 g/mol. The Kier molecular flexibility index (Phi) is 4.22. The van der Waals surface area contributed by atoms with Crippen molar-refractivity contribution in [2.75, 3.05) is 26.3 Å². The number of rotatable bonds is 2. The van der Waals surface area contributed by atoms with Crippen LogP contribution < -0.4 is 5.32 Å². The number of carbonyl (C=O) groups excluding carboxylic acids is 1. The molecule has 2 amide bonds. The normalized spacial score (nSPS) is 29.3. The van der Waals surface area contributed by atoms with E-state index >= 15 is 0 Å². The molecule has 2 N–H and O–H groups in total. The molecule has 2 fully saturated rings. The van der Waals surface area contributed by atoms with Gasteiger partial charge in [0.1, 0.15) is 0 Å². The average molecular weight is 334 g/mol. The van der Waals surface area contributed by atoms with Gasteiger partial charge in [-0.05, 0) is 44.6 Å². The number of likely N-dealkylation sites (tertiary alicyclic amines) is 1. The number of urea groups is 1. The summed E-state index contributed by atoms with van der Waals surface area (Å²) in [5.74, 6) is -0.290. The Labute approximate surface area is 142 Å². The van der Waals surface area contributed by atoms with Gasteiger partial charge in [0.15, 0.2) is 5.79 Å². The Bertz CT molecular complexity index is 596. The van der Waals surface area contributed by atoms with E-state index in [9.17, 15) is 4.79 Å². The van der Waals surface area contributed by atoms with Gasteiger partial charge >= 0.3 is 6.03 Å². The van der Waals surface area contributed by atoms with Gasteiger partial charge in [-0.25, -0.2) is 4.79 Å². The average Bonchev–Trinajstić information content (AvgIpc) is 3.24. The zero-order valence-electron chi connectivity index (χ0n) is 14.2. The van der Waals surface area contributed by atoms with Gasteiger partial charge in [-0.3, -0.25) is 5.10 Å². The summed E-state index contributed by atoms with van der Waals surface area (Å²) >= 11 is 0. The fourth-order valence-corrected chi connectivity index (χ4v) is 4.16. The molecule has 2 saturated heterocycles. The highest BCUT2D eigenvalue weighted by molar-refractivity contribution is 5.74. The summed E-state index contributed by atoms with van der Waals surface area (Å²) in [6, 6.07) is 0.232. The van der Waals surface area contributed by atoms with Crippen molar-refractivity contribution in [1.82, 2.24) is 20.4 Å². The van der Waals surface area contributed by atoms with Crippen LogP contribution in [0.1, 0.15) is 37.4 Å². The van der Waals surface area contributed by atoms with Crippen molar-refractivity contribution in [1.29, 1.82) is 0 Å². The number of ether oxygens (including phenoxy) is 2. The van der Waals surface area contributed by atoms with E-state index in [4.69, 9.17) is 9.47 Å². The molecule has 2 atom stereocenters. The molecule has 1 aliphatic carbocycles. The van der Waals surface area contributed by atoms with E-state index in [1.54, 1.807) is 0 Å². The van der Waals surface area contributed by atoms with Crippen LogP contribution in [0.25, 0.3) is 0 Å². The zero-order valence-corrected chi connectivity index (χ0v) is 14.2. The number of carbonyl (C=O) groups is 1. The lowest BCUT2D eigenvalue weighted by Crippen LogP contribution is -2.53. The third kappa shape index (κ3) is 3.02. The molecular formula is C17H26N4O3. The second-order valence-corrected chi connectivity index (χ2v) is 7.26. The first-order valence-electron chi connectivity index (χ1n) is 8.98. The molecule has 132 valence electrons.